The predicted molar refractivity (Wildman–Crippen MR) is 72.2 cm³/mol. The molecular formula is C14H22N2O2. The molecule has 18 heavy (non-hydrogen) atoms. The summed E-state index contributed by atoms with van der Waals surface area (Å²) in [5.41, 5.74) is 6.56. The fourth-order valence-electron chi connectivity index (χ4n) is 1.46. The van der Waals surface area contributed by atoms with Gasteiger partial charge in [0, 0.05) is 13.7 Å². The summed E-state index contributed by atoms with van der Waals surface area (Å²) in [5.74, 6) is -0.149. The average molecular weight is 250 g/mol. The molecule has 0 saturated heterocycles. The van der Waals surface area contributed by atoms with Gasteiger partial charge in [0.1, 0.15) is 0 Å². The number of carbonyl (C=O) groups is 1. The Morgan fingerprint density at radius 1 is 1.39 bits per heavy atom. The number of hydrogen-bond acceptors (Lipinski definition) is 3. The van der Waals surface area contributed by atoms with E-state index < -0.39 is 6.04 Å². The van der Waals surface area contributed by atoms with E-state index in [1.54, 1.807) is 7.11 Å². The molecule has 4 heteroatoms. The first-order valence-electron chi connectivity index (χ1n) is 6.07. The zero-order chi connectivity index (χ0) is 13.6. The van der Waals surface area contributed by atoms with E-state index in [4.69, 9.17) is 10.5 Å². The first kappa shape index (κ1) is 14.7. The number of nitrogens with one attached hydrogen (secondary N) is 1. The van der Waals surface area contributed by atoms with Crippen LogP contribution in [-0.2, 0) is 16.0 Å². The molecule has 1 aromatic rings. The summed E-state index contributed by atoms with van der Waals surface area (Å²) in [7, 11) is 1.62. The first-order chi connectivity index (χ1) is 8.44. The van der Waals surface area contributed by atoms with Crippen LogP contribution in [0.15, 0.2) is 30.3 Å². The molecule has 0 bridgehead atoms. The Labute approximate surface area is 109 Å². The van der Waals surface area contributed by atoms with Gasteiger partial charge in [0.2, 0.25) is 5.91 Å². The summed E-state index contributed by atoms with van der Waals surface area (Å²) in [6.45, 7) is 4.27. The summed E-state index contributed by atoms with van der Waals surface area (Å²) in [6, 6.07) is 9.22. The summed E-state index contributed by atoms with van der Waals surface area (Å²) in [4.78, 5) is 11.8. The lowest BCUT2D eigenvalue weighted by atomic mass is 10.1. The second kappa shape index (κ2) is 6.52. The number of carbonyl (C=O) groups excluding carboxylic acids is 1. The van der Waals surface area contributed by atoms with Crippen molar-refractivity contribution in [3.63, 3.8) is 0 Å². The van der Waals surface area contributed by atoms with Gasteiger partial charge in [-0.3, -0.25) is 4.79 Å². The van der Waals surface area contributed by atoms with Gasteiger partial charge in [0.25, 0.3) is 0 Å². The second-order valence-electron chi connectivity index (χ2n) is 4.98. The van der Waals surface area contributed by atoms with Crippen molar-refractivity contribution in [1.82, 2.24) is 5.32 Å². The molecule has 100 valence electrons. The molecule has 0 aromatic heterocycles. The molecular weight excluding hydrogens is 228 g/mol. The van der Waals surface area contributed by atoms with E-state index in [0.29, 0.717) is 13.0 Å². The third-order valence-electron chi connectivity index (χ3n) is 2.88. The first-order valence-corrected chi connectivity index (χ1v) is 6.07. The van der Waals surface area contributed by atoms with Gasteiger partial charge in [-0.2, -0.15) is 0 Å². The maximum absolute atomic E-state index is 11.8. The molecule has 0 spiro atoms. The molecule has 1 rings (SSSR count). The Bertz CT molecular complexity index is 377. The van der Waals surface area contributed by atoms with E-state index in [1.165, 1.54) is 0 Å². The summed E-state index contributed by atoms with van der Waals surface area (Å²) in [6.07, 6.45) is 0.542. The summed E-state index contributed by atoms with van der Waals surface area (Å²) < 4.78 is 5.23. The van der Waals surface area contributed by atoms with Crippen molar-refractivity contribution in [1.29, 1.82) is 0 Å². The van der Waals surface area contributed by atoms with Gasteiger partial charge in [-0.15, -0.1) is 0 Å². The molecule has 4 nitrogen and oxygen atoms in total. The highest BCUT2D eigenvalue weighted by Crippen LogP contribution is 2.05. The van der Waals surface area contributed by atoms with E-state index in [-0.39, 0.29) is 11.5 Å². The van der Waals surface area contributed by atoms with Crippen LogP contribution in [0.4, 0.5) is 0 Å². The molecule has 1 atom stereocenters. The Hall–Kier alpha value is -1.39. The van der Waals surface area contributed by atoms with Gasteiger partial charge in [0.15, 0.2) is 0 Å². The van der Waals surface area contributed by atoms with Crippen molar-refractivity contribution < 1.29 is 9.53 Å². The largest absolute Gasteiger partial charge is 0.377 e. The van der Waals surface area contributed by atoms with Crippen LogP contribution in [-0.4, -0.2) is 31.2 Å². The van der Waals surface area contributed by atoms with E-state index in [9.17, 15) is 4.79 Å². The number of ether oxygens (including phenoxy) is 1. The standard InChI is InChI=1S/C14H22N2O2/c1-14(2,18-3)10-16-13(17)12(15)9-11-7-5-4-6-8-11/h4-8,12H,9-10,15H2,1-3H3,(H,16,17). The van der Waals surface area contributed by atoms with Crippen molar-refractivity contribution in [2.24, 2.45) is 5.73 Å². The zero-order valence-corrected chi connectivity index (χ0v) is 11.3. The van der Waals surface area contributed by atoms with Crippen LogP contribution < -0.4 is 11.1 Å². The van der Waals surface area contributed by atoms with E-state index in [2.05, 4.69) is 5.32 Å². The zero-order valence-electron chi connectivity index (χ0n) is 11.3. The third-order valence-corrected chi connectivity index (χ3v) is 2.88. The van der Waals surface area contributed by atoms with Gasteiger partial charge < -0.3 is 15.8 Å². The van der Waals surface area contributed by atoms with Crippen LogP contribution >= 0.6 is 0 Å². The lowest BCUT2D eigenvalue weighted by Gasteiger charge is -2.24. The molecule has 0 radical (unpaired) electrons. The predicted octanol–water partition coefficient (Wildman–Crippen LogP) is 1.10. The van der Waals surface area contributed by atoms with Gasteiger partial charge in [-0.1, -0.05) is 30.3 Å². The van der Waals surface area contributed by atoms with Crippen LogP contribution in [0.25, 0.3) is 0 Å². The number of nitrogens with two attached hydrogens (primary N) is 1. The second-order valence-corrected chi connectivity index (χ2v) is 4.98. The molecule has 0 aliphatic carbocycles. The van der Waals surface area contributed by atoms with E-state index >= 15 is 0 Å². The monoisotopic (exact) mass is 250 g/mol. The highest BCUT2D eigenvalue weighted by atomic mass is 16.5. The van der Waals surface area contributed by atoms with Crippen LogP contribution in [0.2, 0.25) is 0 Å². The van der Waals surface area contributed by atoms with E-state index in [0.717, 1.165) is 5.56 Å². The van der Waals surface area contributed by atoms with Gasteiger partial charge in [-0.25, -0.2) is 0 Å². The Kier molecular flexibility index (Phi) is 5.31. The minimum atomic E-state index is -0.528. The normalized spacial score (nSPS) is 13.1. The molecule has 1 aromatic carbocycles. The number of rotatable bonds is 6. The van der Waals surface area contributed by atoms with Crippen molar-refractivity contribution in [2.75, 3.05) is 13.7 Å². The SMILES string of the molecule is COC(C)(C)CNC(=O)C(N)Cc1ccccc1. The number of amides is 1. The third kappa shape index (κ3) is 4.85. The van der Waals surface area contributed by atoms with Crippen molar-refractivity contribution in [3.8, 4) is 0 Å². The van der Waals surface area contributed by atoms with Crippen molar-refractivity contribution >= 4 is 5.91 Å². The highest BCUT2D eigenvalue weighted by Gasteiger charge is 2.20. The molecule has 0 fully saturated rings. The Balaban J connectivity index is 2.43. The maximum Gasteiger partial charge on any atom is 0.237 e. The summed E-state index contributed by atoms with van der Waals surface area (Å²) in [5, 5.41) is 2.80. The molecule has 1 amide bonds. The van der Waals surface area contributed by atoms with Crippen LogP contribution in [0.3, 0.4) is 0 Å². The fraction of sp³-hybridized carbons (Fsp3) is 0.500. The summed E-state index contributed by atoms with van der Waals surface area (Å²) >= 11 is 0. The molecule has 1 unspecified atom stereocenters. The highest BCUT2D eigenvalue weighted by molar-refractivity contribution is 5.81. The van der Waals surface area contributed by atoms with Crippen LogP contribution in [0.1, 0.15) is 19.4 Å². The minimum Gasteiger partial charge on any atom is -0.377 e. The smallest absolute Gasteiger partial charge is 0.237 e. The van der Waals surface area contributed by atoms with Crippen LogP contribution in [0.5, 0.6) is 0 Å². The molecule has 3 N–H and O–H groups in total. The molecule has 0 saturated carbocycles. The molecule has 0 aliphatic rings. The van der Waals surface area contributed by atoms with Gasteiger partial charge in [0.05, 0.1) is 11.6 Å². The van der Waals surface area contributed by atoms with Crippen molar-refractivity contribution in [3.05, 3.63) is 35.9 Å². The minimum absolute atomic E-state index is 0.149. The number of benzene rings is 1. The van der Waals surface area contributed by atoms with Gasteiger partial charge in [-0.05, 0) is 25.8 Å². The quantitative estimate of drug-likeness (QED) is 0.794. The lowest BCUT2D eigenvalue weighted by Crippen LogP contribution is -2.47. The van der Waals surface area contributed by atoms with E-state index in [1.807, 2.05) is 44.2 Å². The van der Waals surface area contributed by atoms with Crippen molar-refractivity contribution in [2.45, 2.75) is 31.9 Å². The Morgan fingerprint density at radius 3 is 2.56 bits per heavy atom. The van der Waals surface area contributed by atoms with Gasteiger partial charge >= 0.3 is 0 Å². The Morgan fingerprint density at radius 2 is 2.00 bits per heavy atom. The average Bonchev–Trinajstić information content (AvgIpc) is 2.37. The molecule has 0 aliphatic heterocycles. The van der Waals surface area contributed by atoms with Crippen LogP contribution in [0, 0.1) is 0 Å². The topological polar surface area (TPSA) is 64.3 Å². The maximum atomic E-state index is 11.8. The molecule has 0 heterocycles. The lowest BCUT2D eigenvalue weighted by molar-refractivity contribution is -0.123. The number of methoxy groups -OCH3 is 1. The fourth-order valence-corrected chi connectivity index (χ4v) is 1.46. The number of hydrogen-bond donors (Lipinski definition) is 2.